The second-order valence-electron chi connectivity index (χ2n) is 7.65. The van der Waals surface area contributed by atoms with Gasteiger partial charge in [0.1, 0.15) is 0 Å². The van der Waals surface area contributed by atoms with E-state index in [9.17, 15) is 4.79 Å². The maximum atomic E-state index is 12.0. The van der Waals surface area contributed by atoms with E-state index in [-0.39, 0.29) is 6.03 Å². The van der Waals surface area contributed by atoms with E-state index in [0.717, 1.165) is 44.6 Å². The van der Waals surface area contributed by atoms with Gasteiger partial charge >= 0.3 is 6.03 Å². The van der Waals surface area contributed by atoms with Crippen LogP contribution in [-0.4, -0.2) is 66.7 Å². The van der Waals surface area contributed by atoms with Crippen LogP contribution in [0.25, 0.3) is 0 Å². The highest BCUT2D eigenvalue weighted by Crippen LogP contribution is 2.30. The van der Waals surface area contributed by atoms with Crippen molar-refractivity contribution < 1.29 is 4.79 Å². The second-order valence-corrected chi connectivity index (χ2v) is 7.65. The number of nitrogens with zero attached hydrogens (tertiary/aromatic N) is 2. The highest BCUT2D eigenvalue weighted by Gasteiger charge is 2.31. The zero-order chi connectivity index (χ0) is 15.5. The molecule has 2 amide bonds. The number of hydrogen-bond donors (Lipinski definition) is 2. The Balaban J connectivity index is 1.29. The summed E-state index contributed by atoms with van der Waals surface area (Å²) in [4.78, 5) is 17.0. The summed E-state index contributed by atoms with van der Waals surface area (Å²) in [5, 5.41) is 6.18. The van der Waals surface area contributed by atoms with E-state index in [4.69, 9.17) is 0 Å². The van der Waals surface area contributed by atoms with E-state index in [0.29, 0.717) is 12.1 Å². The first-order valence-corrected chi connectivity index (χ1v) is 9.14. The second kappa shape index (κ2) is 7.18. The van der Waals surface area contributed by atoms with Crippen molar-refractivity contribution in [2.24, 2.45) is 5.92 Å². The van der Waals surface area contributed by atoms with Crippen molar-refractivity contribution in [1.82, 2.24) is 20.4 Å². The molecule has 2 aliphatic carbocycles. The Morgan fingerprint density at radius 3 is 2.64 bits per heavy atom. The topological polar surface area (TPSA) is 47.6 Å². The molecule has 0 aromatic heterocycles. The van der Waals surface area contributed by atoms with Gasteiger partial charge in [-0.2, -0.15) is 0 Å². The Morgan fingerprint density at radius 2 is 2.00 bits per heavy atom. The Hall–Kier alpha value is -0.810. The molecule has 1 aliphatic heterocycles. The lowest BCUT2D eigenvalue weighted by Gasteiger charge is -2.26. The molecule has 5 nitrogen and oxygen atoms in total. The van der Waals surface area contributed by atoms with Gasteiger partial charge in [0.05, 0.1) is 0 Å². The number of urea groups is 1. The van der Waals surface area contributed by atoms with Crippen molar-refractivity contribution in [3.8, 4) is 0 Å². The molecule has 3 rings (SSSR count). The Bertz CT molecular complexity index is 377. The molecule has 5 heteroatoms. The minimum atomic E-state index is 0.0118. The zero-order valence-corrected chi connectivity index (χ0v) is 14.2. The van der Waals surface area contributed by atoms with Gasteiger partial charge in [-0.05, 0) is 51.9 Å². The van der Waals surface area contributed by atoms with Gasteiger partial charge < -0.3 is 15.5 Å². The molecule has 1 heterocycles. The molecule has 3 aliphatic rings. The lowest BCUT2D eigenvalue weighted by atomic mass is 10.3. The third kappa shape index (κ3) is 4.85. The summed E-state index contributed by atoms with van der Waals surface area (Å²) in [6.45, 7) is 9.61. The molecule has 126 valence electrons. The van der Waals surface area contributed by atoms with Crippen molar-refractivity contribution in [1.29, 1.82) is 0 Å². The lowest BCUT2D eigenvalue weighted by molar-refractivity contribution is 0.206. The summed E-state index contributed by atoms with van der Waals surface area (Å²) in [6.07, 6.45) is 6.55. The molecular weight excluding hydrogens is 276 g/mol. The van der Waals surface area contributed by atoms with Crippen LogP contribution in [0, 0.1) is 5.92 Å². The number of hydrogen-bond acceptors (Lipinski definition) is 3. The van der Waals surface area contributed by atoms with Crippen LogP contribution < -0.4 is 10.6 Å². The predicted octanol–water partition coefficient (Wildman–Crippen LogP) is 1.64. The summed E-state index contributed by atoms with van der Waals surface area (Å²) >= 11 is 0. The molecule has 0 spiro atoms. The largest absolute Gasteiger partial charge is 0.337 e. The fraction of sp³-hybridized carbons (Fsp3) is 0.941. The molecule has 2 N–H and O–H groups in total. The molecule has 3 fully saturated rings. The lowest BCUT2D eigenvalue weighted by Crippen LogP contribution is -2.46. The maximum absolute atomic E-state index is 12.0. The summed E-state index contributed by atoms with van der Waals surface area (Å²) in [5.41, 5.74) is 0. The smallest absolute Gasteiger partial charge is 0.315 e. The SMILES string of the molecule is CC(C)N(CCNC(=O)N[C@@H]1CCN(CC2CC2)C1)C1CC1. The van der Waals surface area contributed by atoms with Gasteiger partial charge in [-0.25, -0.2) is 4.79 Å². The summed E-state index contributed by atoms with van der Waals surface area (Å²) in [7, 11) is 0. The van der Waals surface area contributed by atoms with Crippen LogP contribution in [0.2, 0.25) is 0 Å². The Labute approximate surface area is 134 Å². The molecule has 0 unspecified atom stereocenters. The zero-order valence-electron chi connectivity index (χ0n) is 14.2. The van der Waals surface area contributed by atoms with Crippen LogP contribution in [0.15, 0.2) is 0 Å². The van der Waals surface area contributed by atoms with Gasteiger partial charge in [0.15, 0.2) is 0 Å². The minimum absolute atomic E-state index is 0.0118. The van der Waals surface area contributed by atoms with E-state index in [1.165, 1.54) is 32.2 Å². The monoisotopic (exact) mass is 308 g/mol. The molecule has 0 aromatic carbocycles. The van der Waals surface area contributed by atoms with E-state index in [1.807, 2.05) is 0 Å². The van der Waals surface area contributed by atoms with Crippen LogP contribution in [0.5, 0.6) is 0 Å². The first-order valence-electron chi connectivity index (χ1n) is 9.14. The third-order valence-corrected chi connectivity index (χ3v) is 5.16. The number of amides is 2. The van der Waals surface area contributed by atoms with Gasteiger partial charge in [0.25, 0.3) is 0 Å². The normalized spacial score (nSPS) is 25.9. The molecule has 0 radical (unpaired) electrons. The number of carbonyl (C=O) groups is 1. The fourth-order valence-electron chi connectivity index (χ4n) is 3.59. The Morgan fingerprint density at radius 1 is 1.23 bits per heavy atom. The first-order chi connectivity index (χ1) is 10.6. The van der Waals surface area contributed by atoms with E-state index in [1.54, 1.807) is 0 Å². The number of likely N-dealkylation sites (tertiary alicyclic amines) is 1. The van der Waals surface area contributed by atoms with Gasteiger partial charge in [0.2, 0.25) is 0 Å². The van der Waals surface area contributed by atoms with Gasteiger partial charge in [-0.15, -0.1) is 0 Å². The molecule has 1 atom stereocenters. The first kappa shape index (κ1) is 16.1. The molecule has 0 aromatic rings. The van der Waals surface area contributed by atoms with E-state index in [2.05, 4.69) is 34.3 Å². The minimum Gasteiger partial charge on any atom is -0.337 e. The average Bonchev–Trinajstić information content (AvgIpc) is 3.36. The molecule has 1 saturated heterocycles. The fourth-order valence-corrected chi connectivity index (χ4v) is 3.59. The Kier molecular flexibility index (Phi) is 5.24. The van der Waals surface area contributed by atoms with Crippen molar-refractivity contribution >= 4 is 6.03 Å². The number of carbonyl (C=O) groups excluding carboxylic acids is 1. The van der Waals surface area contributed by atoms with Crippen molar-refractivity contribution in [3.63, 3.8) is 0 Å². The molecule has 0 bridgehead atoms. The molecular formula is C17H32N4O. The van der Waals surface area contributed by atoms with Crippen molar-refractivity contribution in [3.05, 3.63) is 0 Å². The van der Waals surface area contributed by atoms with Crippen LogP contribution in [-0.2, 0) is 0 Å². The van der Waals surface area contributed by atoms with E-state index < -0.39 is 0 Å². The van der Waals surface area contributed by atoms with Crippen LogP contribution in [0.4, 0.5) is 4.79 Å². The van der Waals surface area contributed by atoms with Crippen LogP contribution in [0.1, 0.15) is 46.0 Å². The average molecular weight is 308 g/mol. The van der Waals surface area contributed by atoms with E-state index >= 15 is 0 Å². The van der Waals surface area contributed by atoms with Gasteiger partial charge in [0, 0.05) is 50.8 Å². The van der Waals surface area contributed by atoms with Gasteiger partial charge in [-0.1, -0.05) is 0 Å². The van der Waals surface area contributed by atoms with Crippen molar-refractivity contribution in [2.45, 2.75) is 64.1 Å². The summed E-state index contributed by atoms with van der Waals surface area (Å²) in [6, 6.07) is 1.68. The highest BCUT2D eigenvalue weighted by molar-refractivity contribution is 5.74. The van der Waals surface area contributed by atoms with Crippen LogP contribution >= 0.6 is 0 Å². The number of rotatable bonds is 8. The standard InChI is InChI=1S/C17H32N4O/c1-13(2)21(16-5-6-16)10-8-18-17(22)19-15-7-9-20(12-15)11-14-3-4-14/h13-16H,3-12H2,1-2H3,(H2,18,19,22)/t15-/m1/s1. The maximum Gasteiger partial charge on any atom is 0.315 e. The molecule has 22 heavy (non-hydrogen) atoms. The molecule has 2 saturated carbocycles. The summed E-state index contributed by atoms with van der Waals surface area (Å²) < 4.78 is 0. The van der Waals surface area contributed by atoms with Crippen molar-refractivity contribution in [2.75, 3.05) is 32.7 Å². The summed E-state index contributed by atoms with van der Waals surface area (Å²) in [5.74, 6) is 0.942. The van der Waals surface area contributed by atoms with Crippen LogP contribution in [0.3, 0.4) is 0 Å². The number of nitrogens with one attached hydrogen (secondary N) is 2. The highest BCUT2D eigenvalue weighted by atomic mass is 16.2. The van der Waals surface area contributed by atoms with Gasteiger partial charge in [-0.3, -0.25) is 4.90 Å². The predicted molar refractivity (Wildman–Crippen MR) is 89.0 cm³/mol. The quantitative estimate of drug-likeness (QED) is 0.717. The third-order valence-electron chi connectivity index (χ3n) is 5.16.